The fourth-order valence-corrected chi connectivity index (χ4v) is 4.39. The highest BCUT2D eigenvalue weighted by atomic mass is 19.4. The maximum absolute atomic E-state index is 13.1. The maximum atomic E-state index is 13.1. The third kappa shape index (κ3) is 5.26. The van der Waals surface area contributed by atoms with Crippen LogP contribution >= 0.6 is 0 Å². The van der Waals surface area contributed by atoms with Crippen molar-refractivity contribution in [2.45, 2.75) is 38.9 Å². The van der Waals surface area contributed by atoms with Crippen LogP contribution in [0.4, 0.5) is 24.7 Å². The Balaban J connectivity index is 1.54. The number of hydrogen-bond donors (Lipinski definition) is 1. The first-order valence-electron chi connectivity index (χ1n) is 11.6. The number of anilines is 2. The van der Waals surface area contributed by atoms with E-state index in [0.717, 1.165) is 29.8 Å². The number of para-hydroxylation sites is 1. The van der Waals surface area contributed by atoms with Gasteiger partial charge in [0, 0.05) is 43.3 Å². The Labute approximate surface area is 197 Å². The van der Waals surface area contributed by atoms with Crippen LogP contribution in [0.1, 0.15) is 42.6 Å². The molecule has 1 N–H and O–H groups in total. The van der Waals surface area contributed by atoms with Crippen molar-refractivity contribution in [1.82, 2.24) is 10.3 Å². The van der Waals surface area contributed by atoms with E-state index in [1.165, 1.54) is 12.1 Å². The highest BCUT2D eigenvalue weighted by Crippen LogP contribution is 2.32. The number of pyridine rings is 1. The minimum absolute atomic E-state index is 0.0730. The molecule has 0 saturated carbocycles. The summed E-state index contributed by atoms with van der Waals surface area (Å²) in [6.07, 6.45) is -2.47. The van der Waals surface area contributed by atoms with Gasteiger partial charge in [-0.25, -0.2) is 4.98 Å². The summed E-state index contributed by atoms with van der Waals surface area (Å²) in [5, 5.41) is 3.88. The molecule has 1 fully saturated rings. The quantitative estimate of drug-likeness (QED) is 0.517. The van der Waals surface area contributed by atoms with Crippen LogP contribution in [-0.4, -0.2) is 43.1 Å². The van der Waals surface area contributed by atoms with Gasteiger partial charge in [-0.3, -0.25) is 4.79 Å². The molecule has 5 nitrogen and oxygen atoms in total. The fraction of sp³-hybridized carbons (Fsp3) is 0.385. The first-order valence-corrected chi connectivity index (χ1v) is 11.6. The molecule has 1 saturated heterocycles. The summed E-state index contributed by atoms with van der Waals surface area (Å²) in [4.78, 5) is 21.9. The summed E-state index contributed by atoms with van der Waals surface area (Å²) in [6, 6.07) is 14.9. The van der Waals surface area contributed by atoms with E-state index in [2.05, 4.69) is 17.1 Å². The summed E-state index contributed by atoms with van der Waals surface area (Å²) in [6.45, 7) is 6.39. The van der Waals surface area contributed by atoms with E-state index in [-0.39, 0.29) is 11.9 Å². The Kier molecular flexibility index (Phi) is 6.95. The molecule has 0 unspecified atom stereocenters. The Hall–Kier alpha value is -3.29. The normalized spacial score (nSPS) is 15.4. The number of halogens is 3. The van der Waals surface area contributed by atoms with Crippen LogP contribution in [0.5, 0.6) is 0 Å². The van der Waals surface area contributed by atoms with Crippen molar-refractivity contribution in [3.63, 3.8) is 0 Å². The maximum Gasteiger partial charge on any atom is 0.416 e. The molecular formula is C26H29F3N4O. The first kappa shape index (κ1) is 23.9. The molecule has 8 heteroatoms. The molecule has 34 heavy (non-hydrogen) atoms. The minimum atomic E-state index is -4.36. The van der Waals surface area contributed by atoms with E-state index in [1.807, 2.05) is 42.2 Å². The topological polar surface area (TPSA) is 48.5 Å². The third-order valence-electron chi connectivity index (χ3n) is 6.19. The first-order chi connectivity index (χ1) is 16.3. The summed E-state index contributed by atoms with van der Waals surface area (Å²) in [5.41, 5.74) is 1.25. The summed E-state index contributed by atoms with van der Waals surface area (Å²) >= 11 is 0. The van der Waals surface area contributed by atoms with Crippen molar-refractivity contribution in [2.24, 2.45) is 0 Å². The zero-order chi connectivity index (χ0) is 24.3. The molecule has 0 bridgehead atoms. The molecule has 1 aliphatic heterocycles. The average Bonchev–Trinajstić information content (AvgIpc) is 2.83. The molecule has 3 aromatic rings. The molecule has 1 aliphatic rings. The van der Waals surface area contributed by atoms with E-state index in [1.54, 1.807) is 6.07 Å². The number of rotatable bonds is 6. The Morgan fingerprint density at radius 3 is 2.44 bits per heavy atom. The molecule has 180 valence electrons. The highest BCUT2D eigenvalue weighted by molar-refractivity contribution is 6.07. The average molecular weight is 471 g/mol. The second kappa shape index (κ2) is 9.91. The summed E-state index contributed by atoms with van der Waals surface area (Å²) in [7, 11) is 0. The molecule has 0 spiro atoms. The van der Waals surface area contributed by atoms with Crippen LogP contribution in [0.3, 0.4) is 0 Å². The molecule has 1 atom stereocenters. The second-order valence-corrected chi connectivity index (χ2v) is 8.73. The van der Waals surface area contributed by atoms with E-state index in [9.17, 15) is 18.0 Å². The van der Waals surface area contributed by atoms with Gasteiger partial charge in [-0.2, -0.15) is 13.2 Å². The molecular weight excluding hydrogens is 441 g/mol. The van der Waals surface area contributed by atoms with Crippen LogP contribution in [0.2, 0.25) is 0 Å². The number of carbonyl (C=O) groups excluding carboxylic acids is 1. The van der Waals surface area contributed by atoms with Gasteiger partial charge in [0.25, 0.3) is 5.91 Å². The zero-order valence-corrected chi connectivity index (χ0v) is 19.4. The van der Waals surface area contributed by atoms with Crippen molar-refractivity contribution in [2.75, 3.05) is 36.0 Å². The molecule has 0 radical (unpaired) electrons. The Bertz CT molecular complexity index is 1160. The van der Waals surface area contributed by atoms with Gasteiger partial charge in [0.05, 0.1) is 16.6 Å². The van der Waals surface area contributed by atoms with Gasteiger partial charge in [0.15, 0.2) is 0 Å². The standard InChI is InChI=1S/C26H29F3N4O/c1-3-7-18(2)30-25(34)22-17-24(31-23-11-5-4-10-21(22)23)33-14-12-32(13-15-33)20-9-6-8-19(16-20)26(27,28)29/h4-6,8-11,16-18H,3,7,12-15H2,1-2H3,(H,30,34)/t18-/m0/s1. The summed E-state index contributed by atoms with van der Waals surface area (Å²) < 4.78 is 39.3. The lowest BCUT2D eigenvalue weighted by molar-refractivity contribution is -0.137. The monoisotopic (exact) mass is 470 g/mol. The number of fused-ring (bicyclic) bond motifs is 1. The fourth-order valence-electron chi connectivity index (χ4n) is 4.39. The molecule has 2 heterocycles. The van der Waals surface area contributed by atoms with Crippen molar-refractivity contribution in [3.8, 4) is 0 Å². The molecule has 1 aromatic heterocycles. The van der Waals surface area contributed by atoms with Gasteiger partial charge >= 0.3 is 6.18 Å². The Morgan fingerprint density at radius 2 is 1.74 bits per heavy atom. The van der Waals surface area contributed by atoms with Gasteiger partial charge in [-0.05, 0) is 43.7 Å². The van der Waals surface area contributed by atoms with Gasteiger partial charge in [0.1, 0.15) is 5.82 Å². The highest BCUT2D eigenvalue weighted by Gasteiger charge is 2.31. The number of alkyl halides is 3. The number of nitrogens with one attached hydrogen (secondary N) is 1. The smallest absolute Gasteiger partial charge is 0.368 e. The van der Waals surface area contributed by atoms with Crippen molar-refractivity contribution in [1.29, 1.82) is 0 Å². The van der Waals surface area contributed by atoms with Crippen LogP contribution < -0.4 is 15.1 Å². The lowest BCUT2D eigenvalue weighted by Crippen LogP contribution is -2.47. The SMILES string of the molecule is CCC[C@H](C)NC(=O)c1cc(N2CCN(c3cccc(C(F)(F)F)c3)CC2)nc2ccccc12. The van der Waals surface area contributed by atoms with Crippen molar-refractivity contribution in [3.05, 3.63) is 65.7 Å². The predicted octanol–water partition coefficient (Wildman–Crippen LogP) is 5.50. The van der Waals surface area contributed by atoms with Crippen LogP contribution in [0.15, 0.2) is 54.6 Å². The van der Waals surface area contributed by atoms with E-state index in [4.69, 9.17) is 4.98 Å². The molecule has 2 aromatic carbocycles. The van der Waals surface area contributed by atoms with Crippen LogP contribution in [0.25, 0.3) is 10.9 Å². The van der Waals surface area contributed by atoms with Crippen LogP contribution in [-0.2, 0) is 6.18 Å². The third-order valence-corrected chi connectivity index (χ3v) is 6.19. The van der Waals surface area contributed by atoms with Gasteiger partial charge < -0.3 is 15.1 Å². The van der Waals surface area contributed by atoms with Gasteiger partial charge in [-0.1, -0.05) is 37.6 Å². The number of nitrogens with zero attached hydrogens (tertiary/aromatic N) is 3. The molecule has 0 aliphatic carbocycles. The molecule has 4 rings (SSSR count). The van der Waals surface area contributed by atoms with E-state index in [0.29, 0.717) is 43.2 Å². The number of hydrogen-bond acceptors (Lipinski definition) is 4. The zero-order valence-electron chi connectivity index (χ0n) is 19.4. The van der Waals surface area contributed by atoms with Gasteiger partial charge in [-0.15, -0.1) is 0 Å². The largest absolute Gasteiger partial charge is 0.416 e. The number of piperazine rings is 1. The summed E-state index contributed by atoms with van der Waals surface area (Å²) in [5.74, 6) is 0.582. The van der Waals surface area contributed by atoms with E-state index >= 15 is 0 Å². The van der Waals surface area contributed by atoms with Crippen molar-refractivity contribution < 1.29 is 18.0 Å². The van der Waals surface area contributed by atoms with Gasteiger partial charge in [0.2, 0.25) is 0 Å². The molecule has 1 amide bonds. The number of benzene rings is 2. The predicted molar refractivity (Wildman–Crippen MR) is 129 cm³/mol. The Morgan fingerprint density at radius 1 is 1.03 bits per heavy atom. The van der Waals surface area contributed by atoms with Crippen molar-refractivity contribution >= 4 is 28.3 Å². The lowest BCUT2D eigenvalue weighted by atomic mass is 10.1. The minimum Gasteiger partial charge on any atom is -0.368 e. The second-order valence-electron chi connectivity index (χ2n) is 8.73. The number of aromatic nitrogens is 1. The lowest BCUT2D eigenvalue weighted by Gasteiger charge is -2.37. The number of amides is 1. The van der Waals surface area contributed by atoms with Crippen LogP contribution in [0, 0.1) is 0 Å². The number of carbonyl (C=O) groups is 1. The van der Waals surface area contributed by atoms with E-state index < -0.39 is 11.7 Å².